The Hall–Kier alpha value is -1.79. The number of Topliss-reactive ketones (excluding diaryl/α,β-unsaturated/α-hetero) is 1. The number of halogens is 1. The van der Waals surface area contributed by atoms with Crippen LogP contribution in [0, 0.1) is 11.2 Å². The highest BCUT2D eigenvalue weighted by molar-refractivity contribution is 8.19. The van der Waals surface area contributed by atoms with Crippen LogP contribution in [-0.4, -0.2) is 15.8 Å². The molecule has 0 saturated carbocycles. The van der Waals surface area contributed by atoms with E-state index in [1.54, 1.807) is 29.8 Å². The van der Waals surface area contributed by atoms with Crippen LogP contribution in [0.4, 0.5) is 4.39 Å². The van der Waals surface area contributed by atoms with Crippen LogP contribution in [0.2, 0.25) is 0 Å². The largest absolute Gasteiger partial charge is 0.297 e. The summed E-state index contributed by atoms with van der Waals surface area (Å²) < 4.78 is 12.9. The average Bonchev–Trinajstić information content (AvgIpc) is 3.02. The van der Waals surface area contributed by atoms with Crippen molar-refractivity contribution >= 4 is 40.0 Å². The van der Waals surface area contributed by atoms with Crippen molar-refractivity contribution in [1.82, 2.24) is 4.98 Å². The molecular formula is C14H9FN2OS2. The van der Waals surface area contributed by atoms with Crippen LogP contribution in [0.1, 0.15) is 16.5 Å². The lowest BCUT2D eigenvalue weighted by Crippen LogP contribution is -2.11. The van der Waals surface area contributed by atoms with Crippen LogP contribution in [0.5, 0.6) is 0 Å². The van der Waals surface area contributed by atoms with Crippen molar-refractivity contribution in [2.45, 2.75) is 5.92 Å². The number of hydrogen-bond acceptors (Lipinski definition) is 5. The number of carbonyl (C=O) groups is 1. The van der Waals surface area contributed by atoms with E-state index >= 15 is 0 Å². The van der Waals surface area contributed by atoms with Crippen molar-refractivity contribution in [3.63, 3.8) is 0 Å². The topological polar surface area (TPSA) is 53.8 Å². The van der Waals surface area contributed by atoms with Gasteiger partial charge in [0.25, 0.3) is 0 Å². The third kappa shape index (κ3) is 2.44. The Bertz CT molecular complexity index is 692. The van der Waals surface area contributed by atoms with E-state index in [4.69, 9.17) is 5.41 Å². The fraction of sp³-hybridized carbons (Fsp3) is 0.0714. The number of ketones is 1. The number of allylic oxidation sites excluding steroid dienone is 1. The Kier molecular flexibility index (Phi) is 3.50. The van der Waals surface area contributed by atoms with E-state index < -0.39 is 5.92 Å². The quantitative estimate of drug-likeness (QED) is 0.861. The van der Waals surface area contributed by atoms with Crippen LogP contribution in [0.3, 0.4) is 0 Å². The minimum atomic E-state index is -0.577. The molecule has 100 valence electrons. The standard InChI is InChI=1S/C14H9FN2OS2/c15-9-3-1-8(2-4-9)7-10-12(18)11(13(16)20-10)14-17-5-6-19-14/h1-7,11,16H/b10-7-,16-13?/t11-/m0/s1. The summed E-state index contributed by atoms with van der Waals surface area (Å²) in [6, 6.07) is 5.91. The maximum absolute atomic E-state index is 12.9. The summed E-state index contributed by atoms with van der Waals surface area (Å²) in [4.78, 5) is 17.0. The minimum absolute atomic E-state index is 0.112. The molecule has 1 saturated heterocycles. The molecule has 6 heteroatoms. The summed E-state index contributed by atoms with van der Waals surface area (Å²) in [7, 11) is 0. The number of rotatable bonds is 2. The van der Waals surface area contributed by atoms with E-state index in [1.807, 2.05) is 0 Å². The van der Waals surface area contributed by atoms with Crippen molar-refractivity contribution in [2.24, 2.45) is 0 Å². The molecule has 2 aromatic rings. The van der Waals surface area contributed by atoms with Gasteiger partial charge in [0.2, 0.25) is 0 Å². The predicted molar refractivity (Wildman–Crippen MR) is 79.6 cm³/mol. The Labute approximate surface area is 123 Å². The zero-order valence-corrected chi connectivity index (χ0v) is 11.8. The van der Waals surface area contributed by atoms with Crippen molar-refractivity contribution in [2.75, 3.05) is 0 Å². The van der Waals surface area contributed by atoms with Crippen molar-refractivity contribution in [3.8, 4) is 0 Å². The maximum atomic E-state index is 12.9. The van der Waals surface area contributed by atoms with Crippen LogP contribution < -0.4 is 0 Å². The minimum Gasteiger partial charge on any atom is -0.297 e. The van der Waals surface area contributed by atoms with Gasteiger partial charge in [0.1, 0.15) is 16.7 Å². The number of thiazole rings is 1. The first-order valence-corrected chi connectivity index (χ1v) is 7.52. The van der Waals surface area contributed by atoms with Crippen LogP contribution in [-0.2, 0) is 4.79 Å². The molecule has 1 aromatic heterocycles. The van der Waals surface area contributed by atoms with Gasteiger partial charge in [0, 0.05) is 11.6 Å². The smallest absolute Gasteiger partial charge is 0.186 e. The molecule has 0 bridgehead atoms. The van der Waals surface area contributed by atoms with Crippen LogP contribution >= 0.6 is 23.1 Å². The summed E-state index contributed by atoms with van der Waals surface area (Å²) in [5.74, 6) is -1.00. The van der Waals surface area contributed by atoms with E-state index in [1.165, 1.54) is 23.5 Å². The first-order valence-electron chi connectivity index (χ1n) is 5.82. The number of aromatic nitrogens is 1. The van der Waals surface area contributed by atoms with Crippen LogP contribution in [0.15, 0.2) is 40.7 Å². The summed E-state index contributed by atoms with van der Waals surface area (Å²) in [6.45, 7) is 0. The Balaban J connectivity index is 1.91. The second kappa shape index (κ2) is 5.30. The predicted octanol–water partition coefficient (Wildman–Crippen LogP) is 3.70. The van der Waals surface area contributed by atoms with Gasteiger partial charge in [0.05, 0.1) is 9.95 Å². The van der Waals surface area contributed by atoms with Crippen molar-refractivity contribution in [1.29, 1.82) is 5.41 Å². The lowest BCUT2D eigenvalue weighted by Gasteiger charge is -2.01. The number of nitrogens with one attached hydrogen (secondary N) is 1. The highest BCUT2D eigenvalue weighted by Crippen LogP contribution is 2.41. The Morgan fingerprint density at radius 3 is 2.70 bits per heavy atom. The summed E-state index contributed by atoms with van der Waals surface area (Å²) in [5.41, 5.74) is 0.745. The third-order valence-electron chi connectivity index (χ3n) is 2.85. The third-order valence-corrected chi connectivity index (χ3v) is 4.69. The molecular weight excluding hydrogens is 295 g/mol. The molecule has 1 atom stereocenters. The second-order valence-electron chi connectivity index (χ2n) is 4.19. The first-order chi connectivity index (χ1) is 9.65. The zero-order chi connectivity index (χ0) is 14.1. The molecule has 3 nitrogen and oxygen atoms in total. The maximum Gasteiger partial charge on any atom is 0.186 e. The molecule has 0 radical (unpaired) electrons. The zero-order valence-electron chi connectivity index (χ0n) is 10.2. The van der Waals surface area contributed by atoms with E-state index in [-0.39, 0.29) is 11.6 Å². The summed E-state index contributed by atoms with van der Waals surface area (Å²) in [5, 5.41) is 10.7. The van der Waals surface area contributed by atoms with Gasteiger partial charge >= 0.3 is 0 Å². The van der Waals surface area contributed by atoms with Gasteiger partial charge in [-0.2, -0.15) is 0 Å². The number of hydrogen-bond donors (Lipinski definition) is 1. The van der Waals surface area contributed by atoms with E-state index in [9.17, 15) is 9.18 Å². The number of benzene rings is 1. The van der Waals surface area contributed by atoms with E-state index in [0.29, 0.717) is 15.0 Å². The molecule has 1 aromatic carbocycles. The van der Waals surface area contributed by atoms with Gasteiger partial charge in [-0.1, -0.05) is 23.9 Å². The molecule has 20 heavy (non-hydrogen) atoms. The average molecular weight is 304 g/mol. The molecule has 0 amide bonds. The van der Waals surface area contributed by atoms with Crippen molar-refractivity contribution < 1.29 is 9.18 Å². The Morgan fingerprint density at radius 2 is 2.05 bits per heavy atom. The lowest BCUT2D eigenvalue weighted by atomic mass is 10.1. The monoisotopic (exact) mass is 304 g/mol. The number of nitrogens with zero attached hydrogens (tertiary/aromatic N) is 1. The summed E-state index contributed by atoms with van der Waals surface area (Å²) >= 11 is 2.52. The highest BCUT2D eigenvalue weighted by atomic mass is 32.2. The van der Waals surface area contributed by atoms with E-state index in [2.05, 4.69) is 4.98 Å². The van der Waals surface area contributed by atoms with Gasteiger partial charge in [-0.15, -0.1) is 11.3 Å². The van der Waals surface area contributed by atoms with E-state index in [0.717, 1.165) is 17.3 Å². The molecule has 0 unspecified atom stereocenters. The number of thioether (sulfide) groups is 1. The Morgan fingerprint density at radius 1 is 1.30 bits per heavy atom. The molecule has 0 aliphatic carbocycles. The molecule has 3 rings (SSSR count). The first kappa shape index (κ1) is 13.2. The molecule has 2 heterocycles. The second-order valence-corrected chi connectivity index (χ2v) is 6.20. The van der Waals surface area contributed by atoms with Crippen molar-refractivity contribution in [3.05, 3.63) is 57.1 Å². The summed E-state index contributed by atoms with van der Waals surface area (Å²) in [6.07, 6.45) is 3.32. The highest BCUT2D eigenvalue weighted by Gasteiger charge is 2.38. The SMILES string of the molecule is N=C1S/C(=C\c2ccc(F)cc2)C(=O)[C@@H]1c1nccs1. The molecule has 1 fully saturated rings. The molecule has 0 spiro atoms. The van der Waals surface area contributed by atoms with Gasteiger partial charge in [-0.25, -0.2) is 9.37 Å². The molecule has 1 aliphatic heterocycles. The molecule has 1 N–H and O–H groups in total. The van der Waals surface area contributed by atoms with Gasteiger partial charge in [-0.05, 0) is 23.8 Å². The lowest BCUT2D eigenvalue weighted by molar-refractivity contribution is -0.114. The van der Waals surface area contributed by atoms with Gasteiger partial charge in [0.15, 0.2) is 5.78 Å². The van der Waals surface area contributed by atoms with Gasteiger partial charge < -0.3 is 0 Å². The van der Waals surface area contributed by atoms with Crippen LogP contribution in [0.25, 0.3) is 6.08 Å². The normalized spacial score (nSPS) is 20.9. The fourth-order valence-corrected chi connectivity index (χ4v) is 3.71. The number of carbonyl (C=O) groups excluding carboxylic acids is 1. The molecule has 1 aliphatic rings. The van der Waals surface area contributed by atoms with Gasteiger partial charge in [-0.3, -0.25) is 10.2 Å². The fourth-order valence-electron chi connectivity index (χ4n) is 1.90.